The Hall–Kier alpha value is -1.27. The van der Waals surface area contributed by atoms with Gasteiger partial charge in [-0.05, 0) is 12.3 Å². The summed E-state index contributed by atoms with van der Waals surface area (Å²) in [7, 11) is 1.91. The maximum absolute atomic E-state index is 8.65. The van der Waals surface area contributed by atoms with Gasteiger partial charge < -0.3 is 10.9 Å². The molecule has 0 bridgehead atoms. The van der Waals surface area contributed by atoms with Gasteiger partial charge in [-0.15, -0.1) is 0 Å². The molecule has 1 rings (SSSR count). The molecule has 0 radical (unpaired) electrons. The lowest BCUT2D eigenvalue weighted by Gasteiger charge is -2.24. The lowest BCUT2D eigenvalue weighted by Crippen LogP contribution is -2.32. The molecule has 1 aromatic heterocycles. The summed E-state index contributed by atoms with van der Waals surface area (Å²) in [6, 6.07) is 0. The summed E-state index contributed by atoms with van der Waals surface area (Å²) in [6.07, 6.45) is 1.35. The van der Waals surface area contributed by atoms with Gasteiger partial charge in [0.05, 0.1) is 16.4 Å². The van der Waals surface area contributed by atoms with Gasteiger partial charge >= 0.3 is 0 Å². The largest absolute Gasteiger partial charge is 0.409 e. The van der Waals surface area contributed by atoms with Crippen LogP contribution in [-0.2, 0) is 20.0 Å². The summed E-state index contributed by atoms with van der Waals surface area (Å²) in [5.41, 5.74) is 7.49. The van der Waals surface area contributed by atoms with Gasteiger partial charge in [0.1, 0.15) is 5.84 Å². The highest BCUT2D eigenvalue weighted by Gasteiger charge is 2.17. The molecule has 120 valence electrons. The van der Waals surface area contributed by atoms with E-state index in [9.17, 15) is 0 Å². The Balaban J connectivity index is 2.83. The van der Waals surface area contributed by atoms with Crippen molar-refractivity contribution in [2.24, 2.45) is 23.9 Å². The van der Waals surface area contributed by atoms with E-state index < -0.39 is 0 Å². The van der Waals surface area contributed by atoms with Gasteiger partial charge in [0.25, 0.3) is 0 Å². The molecular weight excluding hydrogens is 290 g/mol. The number of nitrogens with zero attached hydrogens (tertiary/aromatic N) is 4. The summed E-state index contributed by atoms with van der Waals surface area (Å²) >= 11 is 6.40. The zero-order valence-corrected chi connectivity index (χ0v) is 14.1. The number of hydrogen-bond donors (Lipinski definition) is 2. The van der Waals surface area contributed by atoms with Crippen LogP contribution in [0.2, 0.25) is 5.02 Å². The van der Waals surface area contributed by atoms with Crippen molar-refractivity contribution in [1.29, 1.82) is 0 Å². The van der Waals surface area contributed by atoms with Crippen LogP contribution in [0, 0.1) is 5.92 Å². The molecule has 3 N–H and O–H groups in total. The van der Waals surface area contributed by atoms with Gasteiger partial charge in [-0.25, -0.2) is 0 Å². The van der Waals surface area contributed by atoms with Gasteiger partial charge in [0, 0.05) is 33.1 Å². The van der Waals surface area contributed by atoms with Gasteiger partial charge in [-0.3, -0.25) is 9.58 Å². The number of aryl methyl sites for hydroxylation is 2. The van der Waals surface area contributed by atoms with E-state index in [4.69, 9.17) is 22.5 Å². The zero-order chi connectivity index (χ0) is 16.0. The van der Waals surface area contributed by atoms with E-state index in [1.54, 1.807) is 0 Å². The first-order chi connectivity index (χ1) is 9.88. The van der Waals surface area contributed by atoms with Crippen LogP contribution in [-0.4, -0.2) is 38.8 Å². The van der Waals surface area contributed by atoms with Crippen molar-refractivity contribution in [2.75, 3.05) is 13.1 Å². The lowest BCUT2D eigenvalue weighted by molar-refractivity contribution is 0.235. The van der Waals surface area contributed by atoms with Crippen LogP contribution >= 0.6 is 11.6 Å². The van der Waals surface area contributed by atoms with Crippen molar-refractivity contribution in [1.82, 2.24) is 14.7 Å². The Bertz CT molecular complexity index is 484. The number of oxime groups is 1. The highest BCUT2D eigenvalue weighted by molar-refractivity contribution is 6.31. The average Bonchev–Trinajstić information content (AvgIpc) is 2.71. The van der Waals surface area contributed by atoms with E-state index in [-0.39, 0.29) is 5.84 Å². The van der Waals surface area contributed by atoms with Crippen LogP contribution in [0.25, 0.3) is 0 Å². The van der Waals surface area contributed by atoms with E-state index in [1.165, 1.54) is 0 Å². The second-order valence-electron chi connectivity index (χ2n) is 5.65. The summed E-state index contributed by atoms with van der Waals surface area (Å²) in [5, 5.41) is 16.9. The van der Waals surface area contributed by atoms with Crippen molar-refractivity contribution in [3.8, 4) is 0 Å². The maximum Gasteiger partial charge on any atom is 0.140 e. The maximum atomic E-state index is 8.65. The van der Waals surface area contributed by atoms with Crippen LogP contribution in [0.4, 0.5) is 0 Å². The van der Waals surface area contributed by atoms with E-state index in [1.807, 2.05) is 18.7 Å². The first-order valence-electron chi connectivity index (χ1n) is 7.28. The highest BCUT2D eigenvalue weighted by Crippen LogP contribution is 2.22. The quantitative estimate of drug-likeness (QED) is 0.334. The second-order valence-corrected chi connectivity index (χ2v) is 6.03. The number of amidine groups is 1. The SMILES string of the molecule is CCc1nn(C)c(CN(CCC(N)=NO)CC(C)C)c1Cl. The van der Waals surface area contributed by atoms with Crippen molar-refractivity contribution in [3.05, 3.63) is 16.4 Å². The predicted molar refractivity (Wildman–Crippen MR) is 85.7 cm³/mol. The highest BCUT2D eigenvalue weighted by atomic mass is 35.5. The summed E-state index contributed by atoms with van der Waals surface area (Å²) in [6.45, 7) is 8.72. The molecule has 21 heavy (non-hydrogen) atoms. The van der Waals surface area contributed by atoms with Gasteiger partial charge in [-0.1, -0.05) is 37.5 Å². The fourth-order valence-corrected chi connectivity index (χ4v) is 2.63. The molecule has 0 saturated carbocycles. The molecular formula is C14H26ClN5O. The van der Waals surface area contributed by atoms with E-state index in [2.05, 4.69) is 29.0 Å². The predicted octanol–water partition coefficient (Wildman–Crippen LogP) is 2.23. The summed E-state index contributed by atoms with van der Waals surface area (Å²) in [4.78, 5) is 2.26. The normalized spacial score (nSPS) is 12.6. The smallest absolute Gasteiger partial charge is 0.140 e. The second kappa shape index (κ2) is 8.24. The van der Waals surface area contributed by atoms with Gasteiger partial charge in [0.15, 0.2) is 0 Å². The third-order valence-electron chi connectivity index (χ3n) is 3.31. The Morgan fingerprint density at radius 1 is 1.52 bits per heavy atom. The molecule has 0 aliphatic carbocycles. The molecule has 0 fully saturated rings. The van der Waals surface area contributed by atoms with Crippen LogP contribution in [0.15, 0.2) is 5.16 Å². The molecule has 1 aromatic rings. The van der Waals surface area contributed by atoms with E-state index in [0.717, 1.165) is 35.9 Å². The Kier molecular flexibility index (Phi) is 6.98. The van der Waals surface area contributed by atoms with E-state index in [0.29, 0.717) is 18.9 Å². The van der Waals surface area contributed by atoms with Gasteiger partial charge in [-0.2, -0.15) is 5.10 Å². The topological polar surface area (TPSA) is 79.7 Å². The lowest BCUT2D eigenvalue weighted by atomic mass is 10.2. The summed E-state index contributed by atoms with van der Waals surface area (Å²) < 4.78 is 1.85. The van der Waals surface area contributed by atoms with E-state index >= 15 is 0 Å². The minimum Gasteiger partial charge on any atom is -0.409 e. The van der Waals surface area contributed by atoms with Crippen LogP contribution in [0.5, 0.6) is 0 Å². The number of aromatic nitrogens is 2. The van der Waals surface area contributed by atoms with Crippen LogP contribution in [0.3, 0.4) is 0 Å². The average molecular weight is 316 g/mol. The molecule has 7 heteroatoms. The number of nitrogens with two attached hydrogens (primary N) is 1. The Morgan fingerprint density at radius 3 is 2.67 bits per heavy atom. The summed E-state index contributed by atoms with van der Waals surface area (Å²) in [5.74, 6) is 0.768. The first-order valence-corrected chi connectivity index (χ1v) is 7.65. The molecule has 0 aliphatic heterocycles. The third kappa shape index (κ3) is 5.21. The molecule has 1 heterocycles. The third-order valence-corrected chi connectivity index (χ3v) is 3.75. The molecule has 0 saturated heterocycles. The molecule has 0 atom stereocenters. The Labute approximate surface area is 131 Å². The van der Waals surface area contributed by atoms with Crippen molar-refractivity contribution in [3.63, 3.8) is 0 Å². The molecule has 0 aromatic carbocycles. The zero-order valence-electron chi connectivity index (χ0n) is 13.3. The minimum absolute atomic E-state index is 0.245. The standard InChI is InChI=1S/C14H26ClN5O/c1-5-11-14(15)12(19(4)17-11)9-20(8-10(2)3)7-6-13(16)18-21/h10,21H,5-9H2,1-4H3,(H2,16,18). The van der Waals surface area contributed by atoms with Crippen molar-refractivity contribution < 1.29 is 5.21 Å². The van der Waals surface area contributed by atoms with Crippen molar-refractivity contribution >= 4 is 17.4 Å². The Morgan fingerprint density at radius 2 is 2.19 bits per heavy atom. The molecule has 0 aliphatic rings. The monoisotopic (exact) mass is 315 g/mol. The number of halogens is 1. The molecule has 0 amide bonds. The van der Waals surface area contributed by atoms with Crippen LogP contribution in [0.1, 0.15) is 38.6 Å². The van der Waals surface area contributed by atoms with Crippen molar-refractivity contribution in [2.45, 2.75) is 40.2 Å². The minimum atomic E-state index is 0.245. The number of hydrogen-bond acceptors (Lipinski definition) is 4. The molecule has 0 unspecified atom stereocenters. The first kappa shape index (κ1) is 17.8. The fraction of sp³-hybridized carbons (Fsp3) is 0.714. The van der Waals surface area contributed by atoms with Gasteiger partial charge in [0.2, 0.25) is 0 Å². The molecule has 6 nitrogen and oxygen atoms in total. The fourth-order valence-electron chi connectivity index (χ4n) is 2.28. The molecule has 0 spiro atoms. The van der Waals surface area contributed by atoms with Crippen LogP contribution < -0.4 is 5.73 Å². The number of rotatable bonds is 8.